The van der Waals surface area contributed by atoms with Gasteiger partial charge in [-0.15, -0.1) is 0 Å². The molecule has 0 amide bonds. The van der Waals surface area contributed by atoms with Crippen LogP contribution in [0.4, 0.5) is 0 Å². The second kappa shape index (κ2) is 5.38. The maximum Gasteiger partial charge on any atom is 0.239 e. The van der Waals surface area contributed by atoms with Crippen LogP contribution in [0.3, 0.4) is 0 Å². The van der Waals surface area contributed by atoms with Gasteiger partial charge in [-0.05, 0) is 29.7 Å². The average molecular weight is 286 g/mol. The SMILES string of the molecule is CCc1cccc(-c2nc(Cl)nc(-n3ccnc3)n2)c1. The normalized spacial score (nSPS) is 10.7. The maximum atomic E-state index is 5.99. The molecule has 0 spiro atoms. The van der Waals surface area contributed by atoms with Gasteiger partial charge in [-0.3, -0.25) is 4.57 Å². The predicted molar refractivity (Wildman–Crippen MR) is 76.8 cm³/mol. The van der Waals surface area contributed by atoms with Gasteiger partial charge in [-0.1, -0.05) is 25.1 Å². The molecular formula is C14H12ClN5. The number of aromatic nitrogens is 5. The second-order valence-electron chi connectivity index (χ2n) is 4.25. The summed E-state index contributed by atoms with van der Waals surface area (Å²) in [4.78, 5) is 16.7. The summed E-state index contributed by atoms with van der Waals surface area (Å²) in [5, 5.41) is 0.167. The molecule has 6 heteroatoms. The highest BCUT2D eigenvalue weighted by Crippen LogP contribution is 2.19. The lowest BCUT2D eigenvalue weighted by Crippen LogP contribution is -2.03. The standard InChI is InChI=1S/C14H12ClN5/c1-2-10-4-3-5-11(8-10)12-17-13(15)19-14(18-12)20-7-6-16-9-20/h3-9H,2H2,1H3. The second-order valence-corrected chi connectivity index (χ2v) is 4.59. The number of halogens is 1. The molecule has 2 aromatic heterocycles. The molecular weight excluding hydrogens is 274 g/mol. The first kappa shape index (κ1) is 12.7. The van der Waals surface area contributed by atoms with Gasteiger partial charge in [-0.25, -0.2) is 4.98 Å². The maximum absolute atomic E-state index is 5.99. The summed E-state index contributed by atoms with van der Waals surface area (Å²) in [5.41, 5.74) is 2.15. The lowest BCUT2D eigenvalue weighted by atomic mass is 10.1. The van der Waals surface area contributed by atoms with Crippen LogP contribution in [0.5, 0.6) is 0 Å². The van der Waals surface area contributed by atoms with E-state index < -0.39 is 0 Å². The van der Waals surface area contributed by atoms with E-state index in [-0.39, 0.29) is 5.28 Å². The molecule has 0 aliphatic rings. The Morgan fingerprint density at radius 1 is 1.20 bits per heavy atom. The van der Waals surface area contributed by atoms with Gasteiger partial charge in [-0.2, -0.15) is 15.0 Å². The van der Waals surface area contributed by atoms with E-state index in [1.54, 1.807) is 23.3 Å². The van der Waals surface area contributed by atoms with E-state index in [1.165, 1.54) is 5.56 Å². The fraction of sp³-hybridized carbons (Fsp3) is 0.143. The van der Waals surface area contributed by atoms with Crippen molar-refractivity contribution in [3.8, 4) is 17.3 Å². The third kappa shape index (κ3) is 2.53. The molecule has 20 heavy (non-hydrogen) atoms. The summed E-state index contributed by atoms with van der Waals surface area (Å²) < 4.78 is 1.70. The molecule has 1 aromatic carbocycles. The topological polar surface area (TPSA) is 56.5 Å². The van der Waals surface area contributed by atoms with Crippen LogP contribution in [-0.2, 0) is 6.42 Å². The Bertz CT molecular complexity index is 724. The Morgan fingerprint density at radius 2 is 2.10 bits per heavy atom. The number of imidazole rings is 1. The van der Waals surface area contributed by atoms with Crippen molar-refractivity contribution >= 4 is 11.6 Å². The van der Waals surface area contributed by atoms with E-state index in [9.17, 15) is 0 Å². The molecule has 0 aliphatic heterocycles. The molecule has 0 saturated heterocycles. The molecule has 0 N–H and O–H groups in total. The Labute approximate surface area is 121 Å². The van der Waals surface area contributed by atoms with Crippen LogP contribution < -0.4 is 0 Å². The molecule has 0 radical (unpaired) electrons. The van der Waals surface area contributed by atoms with Gasteiger partial charge in [0.2, 0.25) is 11.2 Å². The van der Waals surface area contributed by atoms with Crippen LogP contribution in [-0.4, -0.2) is 24.5 Å². The number of aryl methyl sites for hydroxylation is 1. The summed E-state index contributed by atoms with van der Waals surface area (Å²) in [6.45, 7) is 2.11. The zero-order valence-electron chi connectivity index (χ0n) is 10.9. The lowest BCUT2D eigenvalue weighted by molar-refractivity contribution is 0.899. The minimum absolute atomic E-state index is 0.167. The van der Waals surface area contributed by atoms with Crippen molar-refractivity contribution < 1.29 is 0 Å². The molecule has 0 saturated carbocycles. The van der Waals surface area contributed by atoms with Crippen LogP contribution in [0.1, 0.15) is 12.5 Å². The van der Waals surface area contributed by atoms with Crippen molar-refractivity contribution in [2.24, 2.45) is 0 Å². The zero-order chi connectivity index (χ0) is 13.9. The molecule has 5 nitrogen and oxygen atoms in total. The number of hydrogen-bond acceptors (Lipinski definition) is 4. The fourth-order valence-corrected chi connectivity index (χ4v) is 2.05. The smallest absolute Gasteiger partial charge is 0.239 e. The molecule has 3 aromatic rings. The number of nitrogens with zero attached hydrogens (tertiary/aromatic N) is 5. The van der Waals surface area contributed by atoms with E-state index in [0.29, 0.717) is 11.8 Å². The summed E-state index contributed by atoms with van der Waals surface area (Å²) >= 11 is 5.99. The van der Waals surface area contributed by atoms with Gasteiger partial charge in [0.25, 0.3) is 0 Å². The monoisotopic (exact) mass is 285 g/mol. The highest BCUT2D eigenvalue weighted by atomic mass is 35.5. The number of benzene rings is 1. The van der Waals surface area contributed by atoms with Gasteiger partial charge in [0, 0.05) is 18.0 Å². The van der Waals surface area contributed by atoms with E-state index in [1.807, 2.05) is 12.1 Å². The summed E-state index contributed by atoms with van der Waals surface area (Å²) in [6, 6.07) is 8.08. The lowest BCUT2D eigenvalue weighted by Gasteiger charge is -2.05. The number of hydrogen-bond donors (Lipinski definition) is 0. The van der Waals surface area contributed by atoms with E-state index in [4.69, 9.17) is 11.6 Å². The third-order valence-electron chi connectivity index (χ3n) is 2.93. The summed E-state index contributed by atoms with van der Waals surface area (Å²) in [5.74, 6) is 1.02. The van der Waals surface area contributed by atoms with E-state index in [2.05, 4.69) is 39.0 Å². The van der Waals surface area contributed by atoms with Crippen molar-refractivity contribution in [3.63, 3.8) is 0 Å². The first-order chi connectivity index (χ1) is 9.76. The van der Waals surface area contributed by atoms with Crippen LogP contribution in [0, 0.1) is 0 Å². The van der Waals surface area contributed by atoms with Crippen LogP contribution >= 0.6 is 11.6 Å². The van der Waals surface area contributed by atoms with Gasteiger partial charge < -0.3 is 0 Å². The first-order valence-corrected chi connectivity index (χ1v) is 6.63. The fourth-order valence-electron chi connectivity index (χ4n) is 1.89. The molecule has 100 valence electrons. The largest absolute Gasteiger partial charge is 0.274 e. The van der Waals surface area contributed by atoms with E-state index >= 15 is 0 Å². The minimum Gasteiger partial charge on any atom is -0.274 e. The van der Waals surface area contributed by atoms with Crippen molar-refractivity contribution in [2.75, 3.05) is 0 Å². The molecule has 3 rings (SSSR count). The van der Waals surface area contributed by atoms with Crippen molar-refractivity contribution in [2.45, 2.75) is 13.3 Å². The molecule has 0 fully saturated rings. The van der Waals surface area contributed by atoms with Crippen molar-refractivity contribution in [3.05, 3.63) is 53.8 Å². The van der Waals surface area contributed by atoms with Crippen LogP contribution in [0.25, 0.3) is 17.3 Å². The molecule has 0 unspecified atom stereocenters. The third-order valence-corrected chi connectivity index (χ3v) is 3.09. The highest BCUT2D eigenvalue weighted by Gasteiger charge is 2.09. The number of rotatable bonds is 3. The van der Waals surface area contributed by atoms with Gasteiger partial charge in [0.1, 0.15) is 6.33 Å². The van der Waals surface area contributed by atoms with Gasteiger partial charge in [0.15, 0.2) is 5.82 Å². The molecule has 2 heterocycles. The predicted octanol–water partition coefficient (Wildman–Crippen LogP) is 2.94. The van der Waals surface area contributed by atoms with Crippen LogP contribution in [0.2, 0.25) is 5.28 Å². The Kier molecular flexibility index (Phi) is 3.43. The van der Waals surface area contributed by atoms with Crippen molar-refractivity contribution in [1.82, 2.24) is 24.5 Å². The van der Waals surface area contributed by atoms with Crippen LogP contribution in [0.15, 0.2) is 43.0 Å². The Hall–Kier alpha value is -2.27. The van der Waals surface area contributed by atoms with Gasteiger partial charge in [0.05, 0.1) is 0 Å². The minimum atomic E-state index is 0.167. The summed E-state index contributed by atoms with van der Waals surface area (Å²) in [6.07, 6.45) is 6.01. The molecule has 0 bridgehead atoms. The molecule has 0 atom stereocenters. The Balaban J connectivity index is 2.09. The molecule has 0 aliphatic carbocycles. The summed E-state index contributed by atoms with van der Waals surface area (Å²) in [7, 11) is 0. The highest BCUT2D eigenvalue weighted by molar-refractivity contribution is 6.28. The quantitative estimate of drug-likeness (QED) is 0.742. The van der Waals surface area contributed by atoms with Gasteiger partial charge >= 0.3 is 0 Å². The van der Waals surface area contributed by atoms with E-state index in [0.717, 1.165) is 12.0 Å². The Morgan fingerprint density at radius 3 is 2.85 bits per heavy atom. The average Bonchev–Trinajstić information content (AvgIpc) is 3.01. The zero-order valence-corrected chi connectivity index (χ0v) is 11.6. The van der Waals surface area contributed by atoms with Crippen molar-refractivity contribution in [1.29, 1.82) is 0 Å². The first-order valence-electron chi connectivity index (χ1n) is 6.25.